The fourth-order valence-corrected chi connectivity index (χ4v) is 0.781. The van der Waals surface area contributed by atoms with Crippen LogP contribution in [0.1, 0.15) is 12.5 Å². The molecule has 0 spiro atoms. The van der Waals surface area contributed by atoms with E-state index >= 15 is 0 Å². The Morgan fingerprint density at radius 3 is 2.83 bits per heavy atom. The molecule has 1 N–H and O–H groups in total. The van der Waals surface area contributed by atoms with Crippen molar-refractivity contribution < 1.29 is 4.79 Å². The monoisotopic (exact) mass is 163 g/mol. The van der Waals surface area contributed by atoms with E-state index in [1.165, 1.54) is 0 Å². The van der Waals surface area contributed by atoms with Gasteiger partial charge in [-0.1, -0.05) is 0 Å². The number of hydrazone groups is 1. The number of pyridine rings is 1. The second-order valence-corrected chi connectivity index (χ2v) is 2.18. The van der Waals surface area contributed by atoms with Gasteiger partial charge in [0, 0.05) is 18.0 Å². The molecule has 0 aliphatic carbocycles. The zero-order valence-corrected chi connectivity index (χ0v) is 6.69. The van der Waals surface area contributed by atoms with Crippen molar-refractivity contribution in [2.24, 2.45) is 5.10 Å². The highest BCUT2D eigenvalue weighted by Crippen LogP contribution is 1.97. The summed E-state index contributed by atoms with van der Waals surface area (Å²) in [5, 5.41) is 3.78. The van der Waals surface area contributed by atoms with Crippen LogP contribution in [0.25, 0.3) is 0 Å². The highest BCUT2D eigenvalue weighted by molar-refractivity contribution is 5.98. The van der Waals surface area contributed by atoms with Gasteiger partial charge in [-0.05, 0) is 19.1 Å². The first-order chi connectivity index (χ1) is 5.84. The van der Waals surface area contributed by atoms with Crippen LogP contribution in [0.4, 0.5) is 0 Å². The predicted molar refractivity (Wildman–Crippen MR) is 45.6 cm³/mol. The molecule has 0 atom stereocenters. The molecular formula is C8H9N3O. The first-order valence-electron chi connectivity index (χ1n) is 3.48. The van der Waals surface area contributed by atoms with Crippen molar-refractivity contribution in [1.29, 1.82) is 0 Å². The number of rotatable bonds is 3. The van der Waals surface area contributed by atoms with Gasteiger partial charge in [-0.25, -0.2) is 5.43 Å². The van der Waals surface area contributed by atoms with Gasteiger partial charge >= 0.3 is 0 Å². The molecule has 0 fully saturated rings. The van der Waals surface area contributed by atoms with E-state index < -0.39 is 0 Å². The average Bonchev–Trinajstić information content (AvgIpc) is 2.15. The molecule has 62 valence electrons. The molecule has 1 amide bonds. The number of carbonyl (C=O) groups is 1. The van der Waals surface area contributed by atoms with Gasteiger partial charge in [-0.15, -0.1) is 0 Å². The minimum atomic E-state index is 0.532. The van der Waals surface area contributed by atoms with E-state index in [1.807, 2.05) is 19.1 Å². The Kier molecular flexibility index (Phi) is 2.95. The Morgan fingerprint density at radius 1 is 1.58 bits per heavy atom. The van der Waals surface area contributed by atoms with Crippen molar-refractivity contribution in [2.75, 3.05) is 0 Å². The van der Waals surface area contributed by atoms with Crippen molar-refractivity contribution in [2.45, 2.75) is 6.92 Å². The molecule has 4 nitrogen and oxygen atoms in total. The first kappa shape index (κ1) is 8.39. The van der Waals surface area contributed by atoms with E-state index in [0.29, 0.717) is 6.41 Å². The number of aromatic nitrogens is 1. The summed E-state index contributed by atoms with van der Waals surface area (Å²) in [5.74, 6) is 0. The summed E-state index contributed by atoms with van der Waals surface area (Å²) in [6.07, 6.45) is 3.88. The minimum absolute atomic E-state index is 0.532. The second kappa shape index (κ2) is 4.23. The fourth-order valence-electron chi connectivity index (χ4n) is 0.781. The average molecular weight is 163 g/mol. The van der Waals surface area contributed by atoms with Crippen LogP contribution in [-0.4, -0.2) is 17.1 Å². The van der Waals surface area contributed by atoms with Crippen molar-refractivity contribution >= 4 is 12.1 Å². The minimum Gasteiger partial charge on any atom is -0.277 e. The number of hydrogen-bond acceptors (Lipinski definition) is 3. The van der Waals surface area contributed by atoms with Gasteiger partial charge in [0.15, 0.2) is 0 Å². The van der Waals surface area contributed by atoms with Crippen LogP contribution in [0.15, 0.2) is 29.6 Å². The van der Waals surface area contributed by atoms with Gasteiger partial charge in [-0.3, -0.25) is 9.78 Å². The molecule has 0 saturated carbocycles. The maximum atomic E-state index is 9.91. The summed E-state index contributed by atoms with van der Waals surface area (Å²) >= 11 is 0. The van der Waals surface area contributed by atoms with Crippen LogP contribution in [0.5, 0.6) is 0 Å². The van der Waals surface area contributed by atoms with E-state index in [-0.39, 0.29) is 0 Å². The van der Waals surface area contributed by atoms with Crippen LogP contribution in [0, 0.1) is 0 Å². The van der Waals surface area contributed by atoms with E-state index in [2.05, 4.69) is 15.5 Å². The maximum absolute atomic E-state index is 9.91. The number of nitrogens with zero attached hydrogens (tertiary/aromatic N) is 2. The Labute approximate surface area is 70.3 Å². The number of amides is 1. The molecule has 0 aliphatic rings. The number of hydrogen-bond donors (Lipinski definition) is 1. The largest absolute Gasteiger partial charge is 0.277 e. The van der Waals surface area contributed by atoms with Crippen molar-refractivity contribution in [3.8, 4) is 0 Å². The van der Waals surface area contributed by atoms with Gasteiger partial charge in [0.1, 0.15) is 0 Å². The Bertz CT molecular complexity index is 282. The van der Waals surface area contributed by atoms with Gasteiger partial charge in [0.25, 0.3) is 0 Å². The SMILES string of the molecule is CC(=NNC=O)c1ccncc1. The number of nitrogens with one attached hydrogen (secondary N) is 1. The fraction of sp³-hybridized carbons (Fsp3) is 0.125. The first-order valence-corrected chi connectivity index (χ1v) is 3.48. The normalized spacial score (nSPS) is 10.9. The van der Waals surface area contributed by atoms with Crippen LogP contribution in [0.3, 0.4) is 0 Å². The summed E-state index contributed by atoms with van der Waals surface area (Å²) in [7, 11) is 0. The zero-order chi connectivity index (χ0) is 8.81. The molecule has 0 radical (unpaired) electrons. The van der Waals surface area contributed by atoms with Gasteiger partial charge < -0.3 is 0 Å². The summed E-state index contributed by atoms with van der Waals surface area (Å²) in [6, 6.07) is 3.65. The molecule has 0 unspecified atom stereocenters. The third kappa shape index (κ3) is 2.16. The van der Waals surface area contributed by atoms with Crippen LogP contribution in [-0.2, 0) is 4.79 Å². The third-order valence-corrected chi connectivity index (χ3v) is 1.38. The molecule has 4 heteroatoms. The van der Waals surface area contributed by atoms with Crippen LogP contribution in [0.2, 0.25) is 0 Å². The zero-order valence-electron chi connectivity index (χ0n) is 6.69. The van der Waals surface area contributed by atoms with Crippen LogP contribution < -0.4 is 5.43 Å². The Hall–Kier alpha value is -1.71. The van der Waals surface area contributed by atoms with E-state index in [4.69, 9.17) is 0 Å². The van der Waals surface area contributed by atoms with Gasteiger partial charge in [-0.2, -0.15) is 5.10 Å². The molecule has 0 bridgehead atoms. The van der Waals surface area contributed by atoms with Crippen molar-refractivity contribution in [1.82, 2.24) is 10.4 Å². The van der Waals surface area contributed by atoms with Crippen molar-refractivity contribution in [3.05, 3.63) is 30.1 Å². The van der Waals surface area contributed by atoms with Gasteiger partial charge in [0.2, 0.25) is 6.41 Å². The molecule has 0 aliphatic heterocycles. The van der Waals surface area contributed by atoms with Gasteiger partial charge in [0.05, 0.1) is 5.71 Å². The molecule has 1 rings (SSSR count). The predicted octanol–water partition coefficient (Wildman–Crippen LogP) is 0.552. The van der Waals surface area contributed by atoms with Crippen molar-refractivity contribution in [3.63, 3.8) is 0 Å². The molecule has 1 aromatic rings. The smallest absolute Gasteiger partial charge is 0.227 e. The molecule has 0 saturated heterocycles. The molecule has 12 heavy (non-hydrogen) atoms. The summed E-state index contributed by atoms with van der Waals surface area (Å²) < 4.78 is 0. The Morgan fingerprint density at radius 2 is 2.25 bits per heavy atom. The molecule has 0 aromatic carbocycles. The quantitative estimate of drug-likeness (QED) is 0.402. The highest BCUT2D eigenvalue weighted by atomic mass is 16.1. The lowest BCUT2D eigenvalue weighted by molar-refractivity contribution is -0.109. The Balaban J connectivity index is 2.77. The molecule has 1 heterocycles. The van der Waals surface area contributed by atoms with E-state index in [9.17, 15) is 4.79 Å². The summed E-state index contributed by atoms with van der Waals surface area (Å²) in [6.45, 7) is 1.81. The van der Waals surface area contributed by atoms with E-state index in [1.54, 1.807) is 12.4 Å². The lowest BCUT2D eigenvalue weighted by Gasteiger charge is -1.97. The maximum Gasteiger partial charge on any atom is 0.227 e. The lowest BCUT2D eigenvalue weighted by atomic mass is 10.2. The van der Waals surface area contributed by atoms with E-state index in [0.717, 1.165) is 11.3 Å². The molecular weight excluding hydrogens is 154 g/mol. The summed E-state index contributed by atoms with van der Waals surface area (Å²) in [5.41, 5.74) is 3.93. The highest BCUT2D eigenvalue weighted by Gasteiger charge is 1.93. The van der Waals surface area contributed by atoms with Crippen LogP contribution >= 0.6 is 0 Å². The third-order valence-electron chi connectivity index (χ3n) is 1.38. The molecule has 1 aromatic heterocycles. The standard InChI is InChI=1S/C8H9N3O/c1-7(11-10-6-12)8-2-4-9-5-3-8/h2-6H,1H3,(H,10,12). The second-order valence-electron chi connectivity index (χ2n) is 2.18. The summed E-state index contributed by atoms with van der Waals surface area (Å²) in [4.78, 5) is 13.8. The lowest BCUT2D eigenvalue weighted by Crippen LogP contribution is -2.06. The topological polar surface area (TPSA) is 54.4 Å². The number of carbonyl (C=O) groups excluding carboxylic acids is 1.